The Hall–Kier alpha value is -1.11. The summed E-state index contributed by atoms with van der Waals surface area (Å²) >= 11 is 0. The van der Waals surface area contributed by atoms with Crippen LogP contribution in [0.15, 0.2) is 24.3 Å². The molecule has 0 amide bonds. The van der Waals surface area contributed by atoms with Gasteiger partial charge in [-0.3, -0.25) is 0 Å². The van der Waals surface area contributed by atoms with E-state index in [-0.39, 0.29) is 12.1 Å². The average molecular weight is 303 g/mol. The van der Waals surface area contributed by atoms with Gasteiger partial charge in [-0.05, 0) is 30.7 Å². The maximum Gasteiger partial charge on any atom is 0.416 e. The van der Waals surface area contributed by atoms with Crippen LogP contribution < -0.4 is 5.32 Å². The minimum absolute atomic E-state index is 0.160. The number of hydrogen-bond donors (Lipinski definition) is 1. The van der Waals surface area contributed by atoms with Crippen LogP contribution in [0.5, 0.6) is 0 Å². The zero-order valence-electron chi connectivity index (χ0n) is 12.0. The van der Waals surface area contributed by atoms with Crippen LogP contribution in [0.1, 0.15) is 30.5 Å². The van der Waals surface area contributed by atoms with Crippen LogP contribution >= 0.6 is 0 Å². The molecule has 6 heteroatoms. The monoisotopic (exact) mass is 303 g/mol. The summed E-state index contributed by atoms with van der Waals surface area (Å²) in [6.45, 7) is 4.32. The van der Waals surface area contributed by atoms with Crippen LogP contribution in [0.4, 0.5) is 13.2 Å². The van der Waals surface area contributed by atoms with Crippen molar-refractivity contribution in [2.45, 2.75) is 31.7 Å². The van der Waals surface area contributed by atoms with E-state index in [0.29, 0.717) is 19.8 Å². The summed E-state index contributed by atoms with van der Waals surface area (Å²) in [5.41, 5.74) is 0.147. The summed E-state index contributed by atoms with van der Waals surface area (Å²) < 4.78 is 48.9. The predicted molar refractivity (Wildman–Crippen MR) is 73.0 cm³/mol. The van der Waals surface area contributed by atoms with Crippen LogP contribution in [-0.2, 0) is 15.7 Å². The number of ether oxygens (including phenoxy) is 2. The Kier molecular flexibility index (Phi) is 5.61. The molecule has 2 atom stereocenters. The van der Waals surface area contributed by atoms with E-state index in [1.807, 2.05) is 6.92 Å². The molecule has 1 aromatic rings. The molecule has 1 heterocycles. The minimum Gasteiger partial charge on any atom is -0.376 e. The van der Waals surface area contributed by atoms with Crippen molar-refractivity contribution in [2.75, 3.05) is 26.4 Å². The summed E-state index contributed by atoms with van der Waals surface area (Å²) in [6.07, 6.45) is -3.55. The normalized spacial score (nSPS) is 21.2. The molecule has 1 aliphatic heterocycles. The van der Waals surface area contributed by atoms with Crippen LogP contribution in [-0.4, -0.2) is 32.5 Å². The lowest BCUT2D eigenvalue weighted by atomic mass is 9.99. The lowest BCUT2D eigenvalue weighted by Crippen LogP contribution is -2.40. The molecule has 0 saturated carbocycles. The van der Waals surface area contributed by atoms with Gasteiger partial charge in [-0.1, -0.05) is 19.1 Å². The highest BCUT2D eigenvalue weighted by atomic mass is 19.4. The quantitative estimate of drug-likeness (QED) is 0.906. The maximum absolute atomic E-state index is 12.6. The van der Waals surface area contributed by atoms with E-state index in [4.69, 9.17) is 9.47 Å². The molecular weight excluding hydrogens is 283 g/mol. The van der Waals surface area contributed by atoms with Crippen LogP contribution in [0.25, 0.3) is 0 Å². The number of halogens is 3. The van der Waals surface area contributed by atoms with Crippen molar-refractivity contribution in [3.63, 3.8) is 0 Å². The third kappa shape index (κ3) is 4.43. The fourth-order valence-corrected chi connectivity index (χ4v) is 2.34. The number of alkyl halides is 3. The van der Waals surface area contributed by atoms with Gasteiger partial charge in [0.2, 0.25) is 0 Å². The molecule has 2 rings (SSSR count). The van der Waals surface area contributed by atoms with Crippen LogP contribution in [0, 0.1) is 0 Å². The van der Waals surface area contributed by atoms with Gasteiger partial charge in [-0.25, -0.2) is 0 Å². The fourth-order valence-electron chi connectivity index (χ4n) is 2.34. The standard InChI is InChI=1S/C15H20F3NO2/c1-2-7-19-14(13-10-20-8-9-21-13)11-3-5-12(6-4-11)15(16,17)18/h3-6,13-14,19H,2,7-10H2,1H3. The van der Waals surface area contributed by atoms with Gasteiger partial charge >= 0.3 is 6.18 Å². The fraction of sp³-hybridized carbons (Fsp3) is 0.600. The Bertz CT molecular complexity index is 428. The van der Waals surface area contributed by atoms with E-state index in [2.05, 4.69) is 5.32 Å². The Balaban J connectivity index is 2.15. The highest BCUT2D eigenvalue weighted by molar-refractivity contribution is 5.27. The lowest BCUT2D eigenvalue weighted by Gasteiger charge is -2.31. The molecule has 0 spiro atoms. The molecule has 3 nitrogen and oxygen atoms in total. The number of nitrogens with one attached hydrogen (secondary N) is 1. The first-order valence-corrected chi connectivity index (χ1v) is 7.12. The Morgan fingerprint density at radius 2 is 1.95 bits per heavy atom. The Labute approximate surface area is 122 Å². The van der Waals surface area contributed by atoms with Crippen molar-refractivity contribution in [2.24, 2.45) is 0 Å². The first-order chi connectivity index (χ1) is 10.0. The largest absolute Gasteiger partial charge is 0.416 e. The highest BCUT2D eigenvalue weighted by Gasteiger charge is 2.31. The van der Waals surface area contributed by atoms with Gasteiger partial charge < -0.3 is 14.8 Å². The molecule has 0 bridgehead atoms. The third-order valence-electron chi connectivity index (χ3n) is 3.42. The SMILES string of the molecule is CCCNC(c1ccc(C(F)(F)F)cc1)C1COCCO1. The van der Waals surface area contributed by atoms with Crippen molar-refractivity contribution in [3.05, 3.63) is 35.4 Å². The molecule has 0 aliphatic carbocycles. The molecule has 21 heavy (non-hydrogen) atoms. The predicted octanol–water partition coefficient (Wildman–Crippen LogP) is 3.16. The van der Waals surface area contributed by atoms with Gasteiger partial charge in [0.1, 0.15) is 6.10 Å². The molecule has 2 unspecified atom stereocenters. The highest BCUT2D eigenvalue weighted by Crippen LogP contribution is 2.31. The van der Waals surface area contributed by atoms with Gasteiger partial charge in [0.05, 0.1) is 31.4 Å². The first kappa shape index (κ1) is 16.3. The first-order valence-electron chi connectivity index (χ1n) is 7.12. The molecule has 0 aromatic heterocycles. The van der Waals surface area contributed by atoms with Crippen molar-refractivity contribution in [1.29, 1.82) is 0 Å². The zero-order valence-corrected chi connectivity index (χ0v) is 12.0. The molecule has 0 radical (unpaired) electrons. The van der Waals surface area contributed by atoms with Gasteiger partial charge in [0, 0.05) is 0 Å². The van der Waals surface area contributed by atoms with Gasteiger partial charge in [0.25, 0.3) is 0 Å². The second-order valence-electron chi connectivity index (χ2n) is 5.04. The smallest absolute Gasteiger partial charge is 0.376 e. The molecule has 1 N–H and O–H groups in total. The van der Waals surface area contributed by atoms with Crippen molar-refractivity contribution in [1.82, 2.24) is 5.32 Å². The molecule has 1 fully saturated rings. The van der Waals surface area contributed by atoms with Gasteiger partial charge in [0.15, 0.2) is 0 Å². The number of benzene rings is 1. The van der Waals surface area contributed by atoms with Crippen LogP contribution in [0.2, 0.25) is 0 Å². The maximum atomic E-state index is 12.6. The summed E-state index contributed by atoms with van der Waals surface area (Å²) in [5.74, 6) is 0. The Morgan fingerprint density at radius 1 is 1.24 bits per heavy atom. The molecule has 118 valence electrons. The van der Waals surface area contributed by atoms with Gasteiger partial charge in [-0.2, -0.15) is 13.2 Å². The van der Waals surface area contributed by atoms with E-state index < -0.39 is 11.7 Å². The third-order valence-corrected chi connectivity index (χ3v) is 3.42. The number of hydrogen-bond acceptors (Lipinski definition) is 3. The second-order valence-corrected chi connectivity index (χ2v) is 5.04. The van der Waals surface area contributed by atoms with E-state index in [0.717, 1.165) is 30.7 Å². The van der Waals surface area contributed by atoms with E-state index in [1.54, 1.807) is 0 Å². The van der Waals surface area contributed by atoms with Gasteiger partial charge in [-0.15, -0.1) is 0 Å². The summed E-state index contributed by atoms with van der Waals surface area (Å²) in [5, 5.41) is 3.33. The lowest BCUT2D eigenvalue weighted by molar-refractivity contribution is -0.137. The number of rotatable bonds is 5. The van der Waals surface area contributed by atoms with E-state index in [9.17, 15) is 13.2 Å². The molecule has 1 aliphatic rings. The average Bonchev–Trinajstić information content (AvgIpc) is 2.48. The molecular formula is C15H20F3NO2. The molecule has 1 aromatic carbocycles. The van der Waals surface area contributed by atoms with Crippen LogP contribution in [0.3, 0.4) is 0 Å². The van der Waals surface area contributed by atoms with Crippen molar-refractivity contribution in [3.8, 4) is 0 Å². The summed E-state index contributed by atoms with van der Waals surface area (Å²) in [6, 6.07) is 5.08. The molecule has 1 saturated heterocycles. The second kappa shape index (κ2) is 7.24. The van der Waals surface area contributed by atoms with Crippen molar-refractivity contribution < 1.29 is 22.6 Å². The van der Waals surface area contributed by atoms with E-state index >= 15 is 0 Å². The topological polar surface area (TPSA) is 30.5 Å². The van der Waals surface area contributed by atoms with E-state index in [1.165, 1.54) is 12.1 Å². The Morgan fingerprint density at radius 3 is 2.48 bits per heavy atom. The summed E-state index contributed by atoms with van der Waals surface area (Å²) in [7, 11) is 0. The summed E-state index contributed by atoms with van der Waals surface area (Å²) in [4.78, 5) is 0. The zero-order chi connectivity index (χ0) is 15.3. The minimum atomic E-state index is -4.31. The van der Waals surface area contributed by atoms with Crippen molar-refractivity contribution >= 4 is 0 Å².